The molecule has 0 amide bonds. The molecule has 0 saturated heterocycles. The third kappa shape index (κ3) is 2.72. The summed E-state index contributed by atoms with van der Waals surface area (Å²) >= 11 is 0. The molecule has 1 atom stereocenters. The lowest BCUT2D eigenvalue weighted by Crippen LogP contribution is -2.19. The number of rotatable bonds is 2. The fourth-order valence-electron chi connectivity index (χ4n) is 3.44. The third-order valence-electron chi connectivity index (χ3n) is 4.63. The molecule has 1 unspecified atom stereocenters. The Labute approximate surface area is 133 Å². The molecule has 1 aliphatic rings. The van der Waals surface area contributed by atoms with Gasteiger partial charge in [-0.25, -0.2) is 13.2 Å². The molecule has 0 heterocycles. The van der Waals surface area contributed by atoms with Crippen molar-refractivity contribution in [3.8, 4) is 6.07 Å². The van der Waals surface area contributed by atoms with Gasteiger partial charge in [-0.1, -0.05) is 19.1 Å². The van der Waals surface area contributed by atoms with E-state index >= 15 is 0 Å². The molecule has 2 aromatic rings. The van der Waals surface area contributed by atoms with Gasteiger partial charge in [0.1, 0.15) is 5.82 Å². The number of aryl methyl sites for hydroxylation is 1. The predicted molar refractivity (Wildman–Crippen MR) is 82.2 cm³/mol. The van der Waals surface area contributed by atoms with Crippen LogP contribution >= 0.6 is 0 Å². The van der Waals surface area contributed by atoms with Crippen LogP contribution < -0.4 is 0 Å². The van der Waals surface area contributed by atoms with E-state index in [9.17, 15) is 13.2 Å². The number of nitrogens with zero attached hydrogens (tertiary/aromatic N) is 1. The summed E-state index contributed by atoms with van der Waals surface area (Å²) in [5.41, 5.74) is 3.89. The second-order valence-electron chi connectivity index (χ2n) is 6.23. The van der Waals surface area contributed by atoms with E-state index in [0.717, 1.165) is 11.1 Å². The maximum absolute atomic E-state index is 14.1. The molecular weight excluding hydrogens is 299 g/mol. The first kappa shape index (κ1) is 15.6. The van der Waals surface area contributed by atoms with Crippen molar-refractivity contribution < 1.29 is 13.2 Å². The molecule has 2 aromatic carbocycles. The number of hydrogen-bond donors (Lipinski definition) is 0. The largest absolute Gasteiger partial charge is 0.258 e. The van der Waals surface area contributed by atoms with Gasteiger partial charge in [0.05, 0.1) is 11.6 Å². The topological polar surface area (TPSA) is 23.8 Å². The Morgan fingerprint density at radius 2 is 2.00 bits per heavy atom. The number of fused-ring (bicyclic) bond motifs is 1. The quantitative estimate of drug-likeness (QED) is 0.774. The van der Waals surface area contributed by atoms with E-state index in [1.807, 2.05) is 25.1 Å². The second-order valence-corrected chi connectivity index (χ2v) is 6.23. The van der Waals surface area contributed by atoms with Gasteiger partial charge in [-0.3, -0.25) is 0 Å². The van der Waals surface area contributed by atoms with Gasteiger partial charge >= 0.3 is 0 Å². The van der Waals surface area contributed by atoms with Crippen LogP contribution in [0.2, 0.25) is 0 Å². The van der Waals surface area contributed by atoms with Crippen LogP contribution in [-0.4, -0.2) is 5.92 Å². The Kier molecular flexibility index (Phi) is 3.68. The van der Waals surface area contributed by atoms with Crippen LogP contribution in [0.25, 0.3) is 0 Å². The van der Waals surface area contributed by atoms with Gasteiger partial charge in [0, 0.05) is 12.3 Å². The van der Waals surface area contributed by atoms with Gasteiger partial charge in [-0.2, -0.15) is 5.26 Å². The molecule has 0 spiro atoms. The van der Waals surface area contributed by atoms with Gasteiger partial charge in [0.15, 0.2) is 0 Å². The van der Waals surface area contributed by atoms with E-state index < -0.39 is 17.7 Å². The molecule has 118 valence electrons. The summed E-state index contributed by atoms with van der Waals surface area (Å²) < 4.78 is 41.8. The second kappa shape index (κ2) is 5.42. The van der Waals surface area contributed by atoms with Crippen molar-refractivity contribution in [3.63, 3.8) is 0 Å². The molecule has 23 heavy (non-hydrogen) atoms. The summed E-state index contributed by atoms with van der Waals surface area (Å²) in [4.78, 5) is 0. The van der Waals surface area contributed by atoms with Crippen molar-refractivity contribution in [2.24, 2.45) is 0 Å². The SMILES string of the molecule is Cc1ccc(Cc2cc(F)cc(C#N)c2)c2c1C(C)C(F)(F)C2. The Morgan fingerprint density at radius 1 is 1.26 bits per heavy atom. The molecule has 0 N–H and O–H groups in total. The van der Waals surface area contributed by atoms with E-state index in [1.165, 1.54) is 12.1 Å². The van der Waals surface area contributed by atoms with Crippen LogP contribution in [0, 0.1) is 24.1 Å². The van der Waals surface area contributed by atoms with E-state index in [0.29, 0.717) is 23.1 Å². The standard InChI is InChI=1S/C19H16F3N/c1-11-3-4-15(17-9-19(21,22)12(2)18(11)17)6-13-5-14(10-23)8-16(20)7-13/h3-5,7-8,12H,6,9H2,1-2H3. The van der Waals surface area contributed by atoms with E-state index in [2.05, 4.69) is 0 Å². The fourth-order valence-corrected chi connectivity index (χ4v) is 3.44. The summed E-state index contributed by atoms with van der Waals surface area (Å²) in [6.45, 7) is 3.40. The van der Waals surface area contributed by atoms with Crippen LogP contribution in [0.3, 0.4) is 0 Å². The first-order valence-electron chi connectivity index (χ1n) is 7.50. The van der Waals surface area contributed by atoms with Crippen LogP contribution in [0.4, 0.5) is 13.2 Å². The lowest BCUT2D eigenvalue weighted by molar-refractivity contribution is -0.00999. The van der Waals surface area contributed by atoms with Crippen LogP contribution in [0.1, 0.15) is 46.2 Å². The lowest BCUT2D eigenvalue weighted by atomic mass is 9.91. The van der Waals surface area contributed by atoms with Crippen LogP contribution in [0.5, 0.6) is 0 Å². The Morgan fingerprint density at radius 3 is 2.70 bits per heavy atom. The summed E-state index contributed by atoms with van der Waals surface area (Å²) in [5, 5.41) is 8.93. The average Bonchev–Trinajstić information content (AvgIpc) is 2.73. The molecule has 0 bridgehead atoms. The molecule has 3 rings (SSSR count). The normalized spacial score (nSPS) is 18.5. The van der Waals surface area contributed by atoms with E-state index in [-0.39, 0.29) is 12.0 Å². The van der Waals surface area contributed by atoms with Crippen molar-refractivity contribution in [1.82, 2.24) is 0 Å². The van der Waals surface area contributed by atoms with Crippen molar-refractivity contribution in [1.29, 1.82) is 5.26 Å². The number of benzene rings is 2. The average molecular weight is 315 g/mol. The first-order valence-corrected chi connectivity index (χ1v) is 7.50. The molecule has 0 saturated carbocycles. The maximum Gasteiger partial charge on any atom is 0.258 e. The van der Waals surface area contributed by atoms with E-state index in [1.54, 1.807) is 13.0 Å². The van der Waals surface area contributed by atoms with Crippen molar-refractivity contribution in [3.05, 3.63) is 69.5 Å². The Balaban J connectivity index is 2.04. The number of halogens is 3. The molecule has 4 heteroatoms. The minimum atomic E-state index is -2.75. The number of hydrogen-bond acceptors (Lipinski definition) is 1. The zero-order valence-electron chi connectivity index (χ0n) is 13.0. The zero-order chi connectivity index (χ0) is 16.8. The minimum absolute atomic E-state index is 0.238. The molecule has 0 fully saturated rings. The molecule has 0 radical (unpaired) electrons. The van der Waals surface area contributed by atoms with Crippen molar-refractivity contribution in [2.45, 2.75) is 38.5 Å². The lowest BCUT2D eigenvalue weighted by Gasteiger charge is -2.15. The predicted octanol–water partition coefficient (Wildman–Crippen LogP) is 4.89. The molecular formula is C19H16F3N. The minimum Gasteiger partial charge on any atom is -0.207 e. The molecule has 0 aliphatic heterocycles. The number of nitriles is 1. The number of alkyl halides is 2. The molecule has 1 nitrogen and oxygen atoms in total. The summed E-state index contributed by atoms with van der Waals surface area (Å²) in [5.74, 6) is -4.04. The van der Waals surface area contributed by atoms with Crippen molar-refractivity contribution >= 4 is 0 Å². The maximum atomic E-state index is 14.1. The highest BCUT2D eigenvalue weighted by Crippen LogP contribution is 2.47. The summed E-state index contributed by atoms with van der Waals surface area (Å²) in [7, 11) is 0. The molecule has 1 aliphatic carbocycles. The monoisotopic (exact) mass is 315 g/mol. The highest BCUT2D eigenvalue weighted by molar-refractivity contribution is 5.50. The summed E-state index contributed by atoms with van der Waals surface area (Å²) in [6.07, 6.45) is 0.0682. The van der Waals surface area contributed by atoms with Crippen LogP contribution in [-0.2, 0) is 12.8 Å². The summed E-state index contributed by atoms with van der Waals surface area (Å²) in [6, 6.07) is 9.71. The van der Waals surface area contributed by atoms with Gasteiger partial charge in [0.2, 0.25) is 0 Å². The molecule has 0 aromatic heterocycles. The Bertz CT molecular complexity index is 818. The van der Waals surface area contributed by atoms with Gasteiger partial charge in [-0.15, -0.1) is 0 Å². The fraction of sp³-hybridized carbons (Fsp3) is 0.316. The van der Waals surface area contributed by atoms with Crippen molar-refractivity contribution in [2.75, 3.05) is 0 Å². The van der Waals surface area contributed by atoms with Gasteiger partial charge < -0.3 is 0 Å². The van der Waals surface area contributed by atoms with Gasteiger partial charge in [-0.05, 0) is 59.4 Å². The highest BCUT2D eigenvalue weighted by atomic mass is 19.3. The third-order valence-corrected chi connectivity index (χ3v) is 4.63. The zero-order valence-corrected chi connectivity index (χ0v) is 13.0. The van der Waals surface area contributed by atoms with E-state index in [4.69, 9.17) is 5.26 Å². The smallest absolute Gasteiger partial charge is 0.207 e. The Hall–Kier alpha value is -2.28. The highest BCUT2D eigenvalue weighted by Gasteiger charge is 2.46. The van der Waals surface area contributed by atoms with Gasteiger partial charge in [0.25, 0.3) is 5.92 Å². The van der Waals surface area contributed by atoms with Crippen LogP contribution in [0.15, 0.2) is 30.3 Å². The first-order chi connectivity index (χ1) is 10.8.